The first kappa shape index (κ1) is 12.3. The zero-order chi connectivity index (χ0) is 13.2. The van der Waals surface area contributed by atoms with Crippen LogP contribution in [0.25, 0.3) is 11.6 Å². The molecule has 19 heavy (non-hydrogen) atoms. The van der Waals surface area contributed by atoms with Crippen LogP contribution in [-0.2, 0) is 11.2 Å². The molecule has 1 aliphatic rings. The van der Waals surface area contributed by atoms with Crippen LogP contribution in [0.4, 0.5) is 0 Å². The Bertz CT molecular complexity index is 541. The highest BCUT2D eigenvalue weighted by atomic mass is 16.5. The van der Waals surface area contributed by atoms with Gasteiger partial charge in [0.25, 0.3) is 5.89 Å². The Morgan fingerprint density at radius 1 is 1.32 bits per heavy atom. The average molecular weight is 263 g/mol. The molecule has 0 radical (unpaired) electrons. The highest BCUT2D eigenvalue weighted by Crippen LogP contribution is 2.25. The van der Waals surface area contributed by atoms with Gasteiger partial charge in [-0.3, -0.25) is 0 Å². The molecule has 0 amide bonds. The smallest absolute Gasteiger partial charge is 0.280 e. The molecule has 1 fully saturated rings. The molecule has 0 spiro atoms. The van der Waals surface area contributed by atoms with Crippen LogP contribution < -0.4 is 0 Å². The van der Waals surface area contributed by atoms with Crippen LogP contribution in [0.1, 0.15) is 37.8 Å². The lowest BCUT2D eigenvalue weighted by molar-refractivity contribution is 0.192. The second kappa shape index (κ2) is 5.13. The van der Waals surface area contributed by atoms with Gasteiger partial charge in [0.1, 0.15) is 5.76 Å². The predicted molar refractivity (Wildman–Crippen MR) is 66.5 cm³/mol. The van der Waals surface area contributed by atoms with E-state index >= 15 is 0 Å². The summed E-state index contributed by atoms with van der Waals surface area (Å²) in [5.41, 5.74) is 0.605. The lowest BCUT2D eigenvalue weighted by Crippen LogP contribution is -1.99. The first-order valence-corrected chi connectivity index (χ1v) is 6.59. The van der Waals surface area contributed by atoms with E-state index in [1.807, 2.05) is 6.07 Å². The van der Waals surface area contributed by atoms with E-state index in [1.54, 1.807) is 0 Å². The number of rotatable bonds is 4. The topological polar surface area (TPSA) is 74.2 Å². The highest BCUT2D eigenvalue weighted by Gasteiger charge is 2.24. The molecule has 0 saturated carbocycles. The first-order valence-electron chi connectivity index (χ1n) is 6.59. The Labute approximate surface area is 111 Å². The predicted octanol–water partition coefficient (Wildman–Crippen LogP) is 2.43. The van der Waals surface area contributed by atoms with Crippen molar-refractivity contribution < 1.29 is 13.8 Å². The molecule has 0 unspecified atom stereocenters. The van der Waals surface area contributed by atoms with Crippen LogP contribution in [0.2, 0.25) is 0 Å². The first-order chi connectivity index (χ1) is 9.22. The summed E-state index contributed by atoms with van der Waals surface area (Å²) < 4.78 is 15.8. The zero-order valence-corrected chi connectivity index (χ0v) is 11.1. The monoisotopic (exact) mass is 263 g/mol. The van der Waals surface area contributed by atoms with Crippen LogP contribution in [-0.4, -0.2) is 28.5 Å². The fourth-order valence-corrected chi connectivity index (χ4v) is 2.16. The Hall–Kier alpha value is -1.69. The second-order valence-electron chi connectivity index (χ2n) is 5.29. The summed E-state index contributed by atoms with van der Waals surface area (Å²) in [7, 11) is 0. The number of hydrogen-bond acceptors (Lipinski definition) is 6. The van der Waals surface area contributed by atoms with Gasteiger partial charge in [-0.15, -0.1) is 0 Å². The van der Waals surface area contributed by atoms with Crippen molar-refractivity contribution in [2.45, 2.75) is 32.6 Å². The zero-order valence-electron chi connectivity index (χ0n) is 11.1. The maximum atomic E-state index is 5.32. The van der Waals surface area contributed by atoms with Gasteiger partial charge in [-0.05, 0) is 12.3 Å². The SMILES string of the molecule is CC(C)Cc1cc(-c2nc([C@H]3CCOC3)no2)no1. The highest BCUT2D eigenvalue weighted by molar-refractivity contribution is 5.45. The Morgan fingerprint density at radius 2 is 2.21 bits per heavy atom. The third kappa shape index (κ3) is 2.68. The van der Waals surface area contributed by atoms with Gasteiger partial charge in [0.2, 0.25) is 0 Å². The normalized spacial score (nSPS) is 19.4. The molecular weight excluding hydrogens is 246 g/mol. The van der Waals surface area contributed by atoms with Crippen molar-refractivity contribution in [3.8, 4) is 11.6 Å². The summed E-state index contributed by atoms with van der Waals surface area (Å²) in [6.07, 6.45) is 1.79. The molecule has 6 heteroatoms. The Morgan fingerprint density at radius 3 is 2.95 bits per heavy atom. The van der Waals surface area contributed by atoms with Gasteiger partial charge in [0.15, 0.2) is 11.5 Å². The molecule has 102 valence electrons. The molecule has 1 aliphatic heterocycles. The maximum absolute atomic E-state index is 5.32. The minimum absolute atomic E-state index is 0.236. The minimum Gasteiger partial charge on any atom is -0.381 e. The van der Waals surface area contributed by atoms with Crippen molar-refractivity contribution in [3.63, 3.8) is 0 Å². The summed E-state index contributed by atoms with van der Waals surface area (Å²) in [6.45, 7) is 5.69. The summed E-state index contributed by atoms with van der Waals surface area (Å²) in [5.74, 6) is 2.71. The molecule has 0 N–H and O–H groups in total. The lowest BCUT2D eigenvalue weighted by Gasteiger charge is -1.97. The maximum Gasteiger partial charge on any atom is 0.280 e. The molecule has 3 rings (SSSR count). The van der Waals surface area contributed by atoms with E-state index in [9.17, 15) is 0 Å². The Kier molecular flexibility index (Phi) is 3.33. The van der Waals surface area contributed by atoms with Crippen LogP contribution in [0.3, 0.4) is 0 Å². The van der Waals surface area contributed by atoms with Gasteiger partial charge >= 0.3 is 0 Å². The quantitative estimate of drug-likeness (QED) is 0.843. The molecule has 0 bridgehead atoms. The largest absolute Gasteiger partial charge is 0.381 e. The molecule has 0 aromatic carbocycles. The second-order valence-corrected chi connectivity index (χ2v) is 5.29. The summed E-state index contributed by atoms with van der Waals surface area (Å²) in [5, 5.41) is 7.97. The van der Waals surface area contributed by atoms with Crippen LogP contribution in [0, 0.1) is 5.92 Å². The van der Waals surface area contributed by atoms with E-state index < -0.39 is 0 Å². The van der Waals surface area contributed by atoms with Crippen molar-refractivity contribution in [1.82, 2.24) is 15.3 Å². The van der Waals surface area contributed by atoms with Crippen molar-refractivity contribution in [2.75, 3.05) is 13.2 Å². The van der Waals surface area contributed by atoms with E-state index in [4.69, 9.17) is 13.8 Å². The van der Waals surface area contributed by atoms with Gasteiger partial charge in [-0.1, -0.05) is 24.2 Å². The fourth-order valence-electron chi connectivity index (χ4n) is 2.16. The summed E-state index contributed by atoms with van der Waals surface area (Å²) in [4.78, 5) is 4.37. The van der Waals surface area contributed by atoms with Gasteiger partial charge < -0.3 is 13.8 Å². The van der Waals surface area contributed by atoms with E-state index in [0.29, 0.717) is 29.9 Å². The van der Waals surface area contributed by atoms with Gasteiger partial charge in [0.05, 0.1) is 6.61 Å². The van der Waals surface area contributed by atoms with Crippen molar-refractivity contribution in [1.29, 1.82) is 0 Å². The molecule has 2 aromatic rings. The molecule has 1 saturated heterocycles. The summed E-state index contributed by atoms with van der Waals surface area (Å²) in [6, 6.07) is 1.86. The van der Waals surface area contributed by atoms with Gasteiger partial charge in [-0.2, -0.15) is 4.98 Å². The van der Waals surface area contributed by atoms with Gasteiger partial charge in [-0.25, -0.2) is 0 Å². The fraction of sp³-hybridized carbons (Fsp3) is 0.615. The van der Waals surface area contributed by atoms with Gasteiger partial charge in [0, 0.05) is 25.0 Å². The van der Waals surface area contributed by atoms with E-state index in [-0.39, 0.29) is 5.92 Å². The van der Waals surface area contributed by atoms with E-state index in [2.05, 4.69) is 29.1 Å². The third-order valence-corrected chi connectivity index (χ3v) is 3.12. The number of nitrogens with zero attached hydrogens (tertiary/aromatic N) is 3. The van der Waals surface area contributed by atoms with Crippen molar-refractivity contribution in [3.05, 3.63) is 17.7 Å². The molecular formula is C13H17N3O3. The molecule has 2 aromatic heterocycles. The average Bonchev–Trinajstić information content (AvgIpc) is 3.09. The van der Waals surface area contributed by atoms with Crippen molar-refractivity contribution in [2.24, 2.45) is 5.92 Å². The standard InChI is InChI=1S/C13H17N3O3/c1-8(2)5-10-6-11(15-18-10)13-14-12(16-19-13)9-3-4-17-7-9/h6,8-9H,3-5,7H2,1-2H3/t9-/m0/s1. The molecule has 3 heterocycles. The van der Waals surface area contributed by atoms with E-state index in [0.717, 1.165) is 25.2 Å². The number of hydrogen-bond donors (Lipinski definition) is 0. The Balaban J connectivity index is 1.76. The molecule has 6 nitrogen and oxygen atoms in total. The van der Waals surface area contributed by atoms with Crippen LogP contribution in [0.15, 0.2) is 15.1 Å². The third-order valence-electron chi connectivity index (χ3n) is 3.12. The number of ether oxygens (including phenoxy) is 1. The van der Waals surface area contributed by atoms with Crippen molar-refractivity contribution >= 4 is 0 Å². The lowest BCUT2D eigenvalue weighted by atomic mass is 10.1. The van der Waals surface area contributed by atoms with Crippen LogP contribution >= 0.6 is 0 Å². The molecule has 0 aliphatic carbocycles. The summed E-state index contributed by atoms with van der Waals surface area (Å²) >= 11 is 0. The van der Waals surface area contributed by atoms with Crippen LogP contribution in [0.5, 0.6) is 0 Å². The minimum atomic E-state index is 0.236. The molecule has 1 atom stereocenters. The number of aromatic nitrogens is 3. The van der Waals surface area contributed by atoms with E-state index in [1.165, 1.54) is 0 Å².